The quantitative estimate of drug-likeness (QED) is 0.410. The lowest BCUT2D eigenvalue weighted by Crippen LogP contribution is -2.35. The van der Waals surface area contributed by atoms with Crippen molar-refractivity contribution in [3.63, 3.8) is 0 Å². The van der Waals surface area contributed by atoms with Gasteiger partial charge in [-0.2, -0.15) is 0 Å². The van der Waals surface area contributed by atoms with Crippen LogP contribution in [0.5, 0.6) is 0 Å². The van der Waals surface area contributed by atoms with E-state index in [1.54, 1.807) is 12.4 Å². The summed E-state index contributed by atoms with van der Waals surface area (Å²) in [5, 5.41) is 2.82. The Morgan fingerprint density at radius 1 is 1.78 bits per heavy atom. The Morgan fingerprint density at radius 3 is 3.00 bits per heavy atom. The fraction of sp³-hybridized carbons (Fsp3) is 0.400. The van der Waals surface area contributed by atoms with Gasteiger partial charge in [-0.25, -0.2) is 0 Å². The van der Waals surface area contributed by atoms with Crippen LogP contribution >= 0.6 is 0 Å². The highest BCUT2D eigenvalue weighted by atomic mass is 15.2. The number of nitrogens with one attached hydrogen (secondary N) is 1. The first-order valence-electron chi connectivity index (χ1n) is 2.77. The molecule has 0 amide bonds. The third kappa shape index (κ3) is 1.51. The minimum absolute atomic E-state index is 0.291. The highest BCUT2D eigenvalue weighted by Gasteiger charge is 1.99. The van der Waals surface area contributed by atoms with Crippen molar-refractivity contribution in [2.75, 3.05) is 6.54 Å². The molecule has 0 bridgehead atoms. The molecule has 5 N–H and O–H groups in total. The summed E-state index contributed by atoms with van der Waals surface area (Å²) in [6.07, 6.45) is 3.17. The van der Waals surface area contributed by atoms with E-state index in [0.717, 1.165) is 5.57 Å². The van der Waals surface area contributed by atoms with Crippen molar-refractivity contribution in [3.05, 3.63) is 11.8 Å². The fourth-order valence-corrected chi connectivity index (χ4v) is 0.560. The van der Waals surface area contributed by atoms with E-state index in [1.807, 2.05) is 0 Å². The zero-order chi connectivity index (χ0) is 6.69. The summed E-state index contributed by atoms with van der Waals surface area (Å²) in [6.45, 7) is 0.503. The van der Waals surface area contributed by atoms with E-state index in [2.05, 4.69) is 10.3 Å². The van der Waals surface area contributed by atoms with E-state index < -0.39 is 0 Å². The molecule has 1 unspecified atom stereocenters. The van der Waals surface area contributed by atoms with Crippen LogP contribution in [0.25, 0.3) is 0 Å². The van der Waals surface area contributed by atoms with Gasteiger partial charge in [-0.1, -0.05) is 0 Å². The molecular formula is C5H10N4. The molecule has 0 aromatic heterocycles. The van der Waals surface area contributed by atoms with Gasteiger partial charge in [-0.15, -0.1) is 0 Å². The Labute approximate surface area is 53.6 Å². The molecule has 0 saturated carbocycles. The smallest absolute Gasteiger partial charge is 0.170 e. The van der Waals surface area contributed by atoms with Gasteiger partial charge in [-0.3, -0.25) is 10.7 Å². The number of hydrogen-bond donors (Lipinski definition) is 3. The summed E-state index contributed by atoms with van der Waals surface area (Å²) in [7, 11) is 0. The lowest BCUT2D eigenvalue weighted by Gasteiger charge is -2.11. The normalized spacial score (nSPS) is 25.1. The Balaban J connectivity index is 2.52. The van der Waals surface area contributed by atoms with Crippen molar-refractivity contribution >= 4 is 6.21 Å². The lowest BCUT2D eigenvalue weighted by molar-refractivity contribution is 0.634. The molecule has 9 heavy (non-hydrogen) atoms. The zero-order valence-corrected chi connectivity index (χ0v) is 5.04. The minimum atomic E-state index is -0.291. The summed E-state index contributed by atoms with van der Waals surface area (Å²) in [5.74, 6) is 0. The molecule has 1 atom stereocenters. The maximum Gasteiger partial charge on any atom is 0.170 e. The third-order valence-corrected chi connectivity index (χ3v) is 1.08. The molecule has 0 radical (unpaired) electrons. The maximum absolute atomic E-state index is 5.36. The SMILES string of the molecule is NCC1=CNC(N)N=C1. The second kappa shape index (κ2) is 2.61. The average Bonchev–Trinajstić information content (AvgIpc) is 1.90. The van der Waals surface area contributed by atoms with Crippen LogP contribution in [0.15, 0.2) is 16.8 Å². The Kier molecular flexibility index (Phi) is 1.81. The minimum Gasteiger partial charge on any atom is -0.358 e. The molecule has 50 valence electrons. The first kappa shape index (κ1) is 6.25. The van der Waals surface area contributed by atoms with E-state index in [9.17, 15) is 0 Å². The van der Waals surface area contributed by atoms with Crippen molar-refractivity contribution in [3.8, 4) is 0 Å². The van der Waals surface area contributed by atoms with Crippen LogP contribution in [-0.2, 0) is 0 Å². The van der Waals surface area contributed by atoms with Gasteiger partial charge >= 0.3 is 0 Å². The van der Waals surface area contributed by atoms with Crippen LogP contribution in [0.4, 0.5) is 0 Å². The van der Waals surface area contributed by atoms with Crippen LogP contribution in [0.2, 0.25) is 0 Å². The average molecular weight is 126 g/mol. The van der Waals surface area contributed by atoms with Gasteiger partial charge in [0, 0.05) is 19.0 Å². The summed E-state index contributed by atoms with van der Waals surface area (Å²) < 4.78 is 0. The van der Waals surface area contributed by atoms with Crippen molar-refractivity contribution in [2.45, 2.75) is 6.29 Å². The molecule has 1 heterocycles. The number of hydrogen-bond acceptors (Lipinski definition) is 4. The van der Waals surface area contributed by atoms with Crippen LogP contribution in [-0.4, -0.2) is 19.0 Å². The number of nitrogens with zero attached hydrogens (tertiary/aromatic N) is 1. The Hall–Kier alpha value is -0.870. The molecule has 0 saturated heterocycles. The third-order valence-electron chi connectivity index (χ3n) is 1.08. The molecular weight excluding hydrogens is 116 g/mol. The van der Waals surface area contributed by atoms with E-state index in [0.29, 0.717) is 6.54 Å². The summed E-state index contributed by atoms with van der Waals surface area (Å²) in [6, 6.07) is 0. The lowest BCUT2D eigenvalue weighted by atomic mass is 10.3. The molecule has 0 aromatic carbocycles. The molecule has 0 spiro atoms. The van der Waals surface area contributed by atoms with Crippen molar-refractivity contribution < 1.29 is 0 Å². The molecule has 0 fully saturated rings. The second-order valence-electron chi connectivity index (χ2n) is 1.81. The van der Waals surface area contributed by atoms with Gasteiger partial charge in [0.25, 0.3) is 0 Å². The predicted octanol–water partition coefficient (Wildman–Crippen LogP) is -1.25. The summed E-state index contributed by atoms with van der Waals surface area (Å²) in [4.78, 5) is 3.88. The van der Waals surface area contributed by atoms with Gasteiger partial charge < -0.3 is 11.1 Å². The monoisotopic (exact) mass is 126 g/mol. The van der Waals surface area contributed by atoms with Crippen molar-refractivity contribution in [2.24, 2.45) is 16.5 Å². The van der Waals surface area contributed by atoms with E-state index in [-0.39, 0.29) is 6.29 Å². The van der Waals surface area contributed by atoms with Crippen LogP contribution in [0.3, 0.4) is 0 Å². The van der Waals surface area contributed by atoms with Crippen LogP contribution < -0.4 is 16.8 Å². The molecule has 1 aliphatic rings. The fourth-order valence-electron chi connectivity index (χ4n) is 0.560. The van der Waals surface area contributed by atoms with E-state index in [4.69, 9.17) is 11.5 Å². The van der Waals surface area contributed by atoms with Gasteiger partial charge in [0.2, 0.25) is 0 Å². The first-order chi connectivity index (χ1) is 4.33. The highest BCUT2D eigenvalue weighted by molar-refractivity contribution is 5.79. The molecule has 4 nitrogen and oxygen atoms in total. The van der Waals surface area contributed by atoms with E-state index in [1.165, 1.54) is 0 Å². The van der Waals surface area contributed by atoms with Gasteiger partial charge in [0.1, 0.15) is 0 Å². The van der Waals surface area contributed by atoms with Crippen molar-refractivity contribution in [1.29, 1.82) is 0 Å². The maximum atomic E-state index is 5.36. The molecule has 0 aromatic rings. The standard InChI is InChI=1S/C5H10N4/c6-1-4-2-8-5(7)9-3-4/h2-3,5,8H,1,6-7H2. The summed E-state index contributed by atoms with van der Waals surface area (Å²) in [5.41, 5.74) is 11.6. The molecule has 4 heteroatoms. The van der Waals surface area contributed by atoms with Crippen molar-refractivity contribution in [1.82, 2.24) is 5.32 Å². The zero-order valence-electron chi connectivity index (χ0n) is 5.04. The number of nitrogens with two attached hydrogens (primary N) is 2. The Bertz CT molecular complexity index is 149. The highest BCUT2D eigenvalue weighted by Crippen LogP contribution is 1.91. The first-order valence-corrected chi connectivity index (χ1v) is 2.77. The second-order valence-corrected chi connectivity index (χ2v) is 1.81. The van der Waals surface area contributed by atoms with Crippen LogP contribution in [0.1, 0.15) is 0 Å². The molecule has 1 rings (SSSR count). The van der Waals surface area contributed by atoms with Gasteiger partial charge in [0.15, 0.2) is 6.29 Å². The number of rotatable bonds is 1. The van der Waals surface area contributed by atoms with Gasteiger partial charge in [0.05, 0.1) is 0 Å². The largest absolute Gasteiger partial charge is 0.358 e. The van der Waals surface area contributed by atoms with Gasteiger partial charge in [-0.05, 0) is 5.57 Å². The van der Waals surface area contributed by atoms with Crippen LogP contribution in [0, 0.1) is 0 Å². The Morgan fingerprint density at radius 2 is 2.56 bits per heavy atom. The number of aliphatic imine (C=N–C) groups is 1. The summed E-state index contributed by atoms with van der Waals surface area (Å²) >= 11 is 0. The predicted molar refractivity (Wildman–Crippen MR) is 36.7 cm³/mol. The molecule has 1 aliphatic heterocycles. The van der Waals surface area contributed by atoms with E-state index >= 15 is 0 Å². The molecule has 0 aliphatic carbocycles. The topological polar surface area (TPSA) is 76.4 Å².